The number of carbonyl (C=O) groups excluding carboxylic acids is 1. The summed E-state index contributed by atoms with van der Waals surface area (Å²) in [5.74, 6) is -0.485. The van der Waals surface area contributed by atoms with Crippen molar-refractivity contribution >= 4 is 16.7 Å². The lowest BCUT2D eigenvalue weighted by Gasteiger charge is -2.35. The first-order valence-corrected chi connectivity index (χ1v) is 8.24. The van der Waals surface area contributed by atoms with Gasteiger partial charge < -0.3 is 10.6 Å². The number of benzene rings is 2. The summed E-state index contributed by atoms with van der Waals surface area (Å²) in [5.41, 5.74) is 0.388. The number of alkyl halides is 3. The number of hydrogen-bond donors (Lipinski definition) is 2. The number of nitrogens with zero attached hydrogens (tertiary/aromatic N) is 1. The largest absolute Gasteiger partial charge is 0.405 e. The average molecular weight is 351 g/mol. The van der Waals surface area contributed by atoms with Crippen LogP contribution in [-0.4, -0.2) is 55.7 Å². The third-order valence-electron chi connectivity index (χ3n) is 4.46. The van der Waals surface area contributed by atoms with Gasteiger partial charge in [0.2, 0.25) is 0 Å². The minimum Gasteiger partial charge on any atom is -0.350 e. The van der Waals surface area contributed by atoms with Gasteiger partial charge in [-0.05, 0) is 16.8 Å². The number of rotatable bonds is 4. The maximum atomic E-state index is 13.4. The maximum Gasteiger partial charge on any atom is 0.405 e. The van der Waals surface area contributed by atoms with Gasteiger partial charge in [-0.15, -0.1) is 0 Å². The van der Waals surface area contributed by atoms with E-state index in [0.717, 1.165) is 10.8 Å². The lowest BCUT2D eigenvalue weighted by molar-refractivity contribution is -0.183. The molecule has 0 bridgehead atoms. The van der Waals surface area contributed by atoms with Crippen molar-refractivity contribution in [2.24, 2.45) is 0 Å². The fraction of sp³-hybridized carbons (Fsp3) is 0.389. The van der Waals surface area contributed by atoms with E-state index in [2.05, 4.69) is 10.6 Å². The second-order valence-corrected chi connectivity index (χ2v) is 6.08. The second kappa shape index (κ2) is 7.41. The van der Waals surface area contributed by atoms with E-state index in [1.807, 2.05) is 18.2 Å². The van der Waals surface area contributed by atoms with Crippen LogP contribution in [0, 0.1) is 0 Å². The van der Waals surface area contributed by atoms with E-state index in [-0.39, 0.29) is 0 Å². The van der Waals surface area contributed by atoms with Gasteiger partial charge in [0.25, 0.3) is 5.91 Å². The predicted octanol–water partition coefficient (Wildman–Crippen LogP) is 2.41. The van der Waals surface area contributed by atoms with Crippen LogP contribution in [0.25, 0.3) is 10.8 Å². The normalized spacial score (nSPS) is 17.4. The number of amides is 1. The van der Waals surface area contributed by atoms with Gasteiger partial charge in [-0.1, -0.05) is 36.4 Å². The molecular formula is C18H20F3N3O. The molecule has 1 fully saturated rings. The van der Waals surface area contributed by atoms with Crippen LogP contribution in [0.15, 0.2) is 42.5 Å². The van der Waals surface area contributed by atoms with Crippen molar-refractivity contribution in [1.29, 1.82) is 0 Å². The van der Waals surface area contributed by atoms with Crippen molar-refractivity contribution < 1.29 is 18.0 Å². The van der Waals surface area contributed by atoms with Crippen molar-refractivity contribution in [3.63, 3.8) is 0 Å². The Morgan fingerprint density at radius 3 is 2.52 bits per heavy atom. The van der Waals surface area contributed by atoms with Crippen LogP contribution in [0.4, 0.5) is 13.2 Å². The van der Waals surface area contributed by atoms with Crippen molar-refractivity contribution in [2.75, 3.05) is 32.7 Å². The zero-order valence-electron chi connectivity index (χ0n) is 13.6. The molecule has 1 amide bonds. The summed E-state index contributed by atoms with van der Waals surface area (Å²) in [4.78, 5) is 13.8. The maximum absolute atomic E-state index is 13.4. The van der Waals surface area contributed by atoms with Gasteiger partial charge in [-0.2, -0.15) is 13.2 Å². The first-order chi connectivity index (χ1) is 12.0. The lowest BCUT2D eigenvalue weighted by atomic mass is 10.0. The smallest absolute Gasteiger partial charge is 0.350 e. The van der Waals surface area contributed by atoms with Crippen LogP contribution < -0.4 is 10.6 Å². The van der Waals surface area contributed by atoms with Crippen LogP contribution in [0.3, 0.4) is 0 Å². The fourth-order valence-electron chi connectivity index (χ4n) is 3.15. The van der Waals surface area contributed by atoms with Crippen molar-refractivity contribution in [2.45, 2.75) is 12.2 Å². The molecule has 1 unspecified atom stereocenters. The first-order valence-electron chi connectivity index (χ1n) is 8.24. The molecule has 0 aliphatic carbocycles. The molecule has 1 aliphatic rings. The molecule has 1 heterocycles. The number of piperazine rings is 1. The molecule has 0 radical (unpaired) electrons. The van der Waals surface area contributed by atoms with E-state index in [1.165, 1.54) is 4.90 Å². The Hall–Kier alpha value is -2.12. The Morgan fingerprint density at radius 2 is 1.80 bits per heavy atom. The number of halogens is 3. The van der Waals surface area contributed by atoms with Gasteiger partial charge in [0.1, 0.15) is 6.04 Å². The van der Waals surface area contributed by atoms with E-state index in [9.17, 15) is 18.0 Å². The third kappa shape index (κ3) is 4.11. The average Bonchev–Trinajstić information content (AvgIpc) is 2.61. The minimum atomic E-state index is -4.39. The molecule has 1 saturated heterocycles. The van der Waals surface area contributed by atoms with Crippen LogP contribution in [0.2, 0.25) is 0 Å². The molecule has 2 aromatic carbocycles. The van der Waals surface area contributed by atoms with Gasteiger partial charge in [0.15, 0.2) is 0 Å². The topological polar surface area (TPSA) is 44.4 Å². The van der Waals surface area contributed by atoms with Gasteiger partial charge >= 0.3 is 6.18 Å². The second-order valence-electron chi connectivity index (χ2n) is 6.08. The number of fused-ring (bicyclic) bond motifs is 1. The highest BCUT2D eigenvalue weighted by atomic mass is 19.4. The van der Waals surface area contributed by atoms with Gasteiger partial charge in [-0.3, -0.25) is 9.69 Å². The van der Waals surface area contributed by atoms with Gasteiger partial charge in [0.05, 0.1) is 0 Å². The summed E-state index contributed by atoms with van der Waals surface area (Å²) >= 11 is 0. The monoisotopic (exact) mass is 351 g/mol. The SMILES string of the molecule is O=C(NCC(N1CCNCC1)C(F)(F)F)c1cccc2ccccc12. The third-order valence-corrected chi connectivity index (χ3v) is 4.46. The molecule has 134 valence electrons. The molecule has 1 aliphatic heterocycles. The predicted molar refractivity (Wildman–Crippen MR) is 90.6 cm³/mol. The molecule has 2 aromatic rings. The van der Waals surface area contributed by atoms with Gasteiger partial charge in [0, 0.05) is 38.3 Å². The standard InChI is InChI=1S/C18H20F3N3O/c19-18(20,21)16(24-10-8-22-9-11-24)12-23-17(25)15-7-3-5-13-4-1-2-6-14(13)15/h1-7,16,22H,8-12H2,(H,23,25). The Bertz CT molecular complexity index is 736. The van der Waals surface area contributed by atoms with E-state index in [1.54, 1.807) is 24.3 Å². The number of carbonyl (C=O) groups is 1. The summed E-state index contributed by atoms with van der Waals surface area (Å²) in [7, 11) is 0. The zero-order valence-corrected chi connectivity index (χ0v) is 13.6. The zero-order chi connectivity index (χ0) is 17.9. The van der Waals surface area contributed by atoms with Gasteiger partial charge in [-0.25, -0.2) is 0 Å². The molecule has 2 N–H and O–H groups in total. The molecule has 0 saturated carbocycles. The molecule has 3 rings (SSSR count). The highest BCUT2D eigenvalue weighted by molar-refractivity contribution is 6.07. The van der Waals surface area contributed by atoms with Crippen LogP contribution in [-0.2, 0) is 0 Å². The van der Waals surface area contributed by atoms with E-state index in [4.69, 9.17) is 0 Å². The van der Waals surface area contributed by atoms with E-state index < -0.39 is 24.7 Å². The first kappa shape index (κ1) is 17.7. The Morgan fingerprint density at radius 1 is 1.12 bits per heavy atom. The number of nitrogens with one attached hydrogen (secondary N) is 2. The van der Waals surface area contributed by atoms with Crippen molar-refractivity contribution in [1.82, 2.24) is 15.5 Å². The van der Waals surface area contributed by atoms with Crippen molar-refractivity contribution in [3.05, 3.63) is 48.0 Å². The Kier molecular flexibility index (Phi) is 5.24. The Labute approximate surface area is 144 Å². The number of hydrogen-bond acceptors (Lipinski definition) is 3. The van der Waals surface area contributed by atoms with E-state index in [0.29, 0.717) is 31.7 Å². The van der Waals surface area contributed by atoms with Crippen LogP contribution in [0.5, 0.6) is 0 Å². The molecule has 0 spiro atoms. The van der Waals surface area contributed by atoms with E-state index >= 15 is 0 Å². The summed E-state index contributed by atoms with van der Waals surface area (Å²) in [6, 6.07) is 10.9. The summed E-state index contributed by atoms with van der Waals surface area (Å²) in [6.07, 6.45) is -4.39. The Balaban J connectivity index is 1.74. The van der Waals surface area contributed by atoms with Crippen LogP contribution in [0.1, 0.15) is 10.4 Å². The lowest BCUT2D eigenvalue weighted by Crippen LogP contribution is -2.57. The summed E-state index contributed by atoms with van der Waals surface area (Å²) in [6.45, 7) is 1.21. The van der Waals surface area contributed by atoms with Crippen molar-refractivity contribution in [3.8, 4) is 0 Å². The molecule has 0 aromatic heterocycles. The van der Waals surface area contributed by atoms with Crippen LogP contribution >= 0.6 is 0 Å². The quantitative estimate of drug-likeness (QED) is 0.889. The molecule has 7 heteroatoms. The molecular weight excluding hydrogens is 331 g/mol. The highest BCUT2D eigenvalue weighted by Gasteiger charge is 2.43. The highest BCUT2D eigenvalue weighted by Crippen LogP contribution is 2.25. The fourth-order valence-corrected chi connectivity index (χ4v) is 3.15. The molecule has 1 atom stereocenters. The summed E-state index contributed by atoms with van der Waals surface area (Å²) in [5, 5.41) is 7.12. The summed E-state index contributed by atoms with van der Waals surface area (Å²) < 4.78 is 40.2. The molecule has 25 heavy (non-hydrogen) atoms. The minimum absolute atomic E-state index is 0.314. The molecule has 4 nitrogen and oxygen atoms in total.